The van der Waals surface area contributed by atoms with Gasteiger partial charge in [0.15, 0.2) is 0 Å². The van der Waals surface area contributed by atoms with Crippen LogP contribution in [0.1, 0.15) is 30.4 Å². The fraction of sp³-hybridized carbons (Fsp3) is 0.500. The minimum Gasteiger partial charge on any atom is -0.492 e. The van der Waals surface area contributed by atoms with Gasteiger partial charge < -0.3 is 20.1 Å². The molecule has 0 spiro atoms. The van der Waals surface area contributed by atoms with Crippen molar-refractivity contribution < 1.29 is 9.84 Å². The molecular formula is C20H28N4O2. The summed E-state index contributed by atoms with van der Waals surface area (Å²) in [6, 6.07) is 8.32. The monoisotopic (exact) mass is 356 g/mol. The molecule has 2 N–H and O–H groups in total. The molecule has 1 aromatic heterocycles. The molecular weight excluding hydrogens is 328 g/mol. The number of rotatable bonds is 7. The Hall–Kier alpha value is -2.34. The van der Waals surface area contributed by atoms with E-state index in [0.29, 0.717) is 13.2 Å². The van der Waals surface area contributed by atoms with Crippen molar-refractivity contribution >= 4 is 11.6 Å². The van der Waals surface area contributed by atoms with Crippen LogP contribution in [-0.4, -0.2) is 47.4 Å². The fourth-order valence-corrected chi connectivity index (χ4v) is 3.46. The number of piperidine rings is 1. The third kappa shape index (κ3) is 4.85. The number of benzene rings is 1. The molecule has 0 amide bonds. The Labute approximate surface area is 155 Å². The zero-order valence-electron chi connectivity index (χ0n) is 15.6. The molecule has 0 aliphatic carbocycles. The van der Waals surface area contributed by atoms with Gasteiger partial charge in [-0.05, 0) is 56.4 Å². The number of aromatic nitrogens is 2. The summed E-state index contributed by atoms with van der Waals surface area (Å²) in [6.07, 6.45) is 4.87. The largest absolute Gasteiger partial charge is 0.492 e. The summed E-state index contributed by atoms with van der Waals surface area (Å²) in [7, 11) is 0. The minimum atomic E-state index is 0.152. The van der Waals surface area contributed by atoms with Gasteiger partial charge in [-0.3, -0.25) is 0 Å². The molecule has 1 saturated heterocycles. The number of hydrogen-bond acceptors (Lipinski definition) is 6. The molecule has 140 valence electrons. The van der Waals surface area contributed by atoms with Crippen molar-refractivity contribution in [1.82, 2.24) is 9.97 Å². The SMILES string of the molecule is Cc1cc(C)cc(OCCNc2cc(N3CCCCC3CO)ncn2)c1. The maximum atomic E-state index is 9.60. The second-order valence-electron chi connectivity index (χ2n) is 6.89. The Morgan fingerprint density at radius 1 is 1.15 bits per heavy atom. The molecule has 2 aromatic rings. The van der Waals surface area contributed by atoms with Crippen molar-refractivity contribution in [3.8, 4) is 5.75 Å². The van der Waals surface area contributed by atoms with Gasteiger partial charge in [0, 0.05) is 12.6 Å². The van der Waals surface area contributed by atoms with Crippen LogP contribution in [0.4, 0.5) is 11.6 Å². The Morgan fingerprint density at radius 3 is 2.73 bits per heavy atom. The Balaban J connectivity index is 1.54. The number of aliphatic hydroxyl groups is 1. The van der Waals surface area contributed by atoms with E-state index in [1.165, 1.54) is 11.1 Å². The zero-order chi connectivity index (χ0) is 18.4. The first-order valence-corrected chi connectivity index (χ1v) is 9.30. The van der Waals surface area contributed by atoms with E-state index in [9.17, 15) is 5.11 Å². The van der Waals surface area contributed by atoms with E-state index in [2.05, 4.69) is 40.1 Å². The van der Waals surface area contributed by atoms with Gasteiger partial charge in [-0.1, -0.05) is 6.07 Å². The lowest BCUT2D eigenvalue weighted by atomic mass is 10.0. The van der Waals surface area contributed by atoms with Crippen LogP contribution in [0.2, 0.25) is 0 Å². The van der Waals surface area contributed by atoms with E-state index in [1.54, 1.807) is 6.33 Å². The molecule has 3 rings (SSSR count). The van der Waals surface area contributed by atoms with Gasteiger partial charge in [-0.25, -0.2) is 9.97 Å². The highest BCUT2D eigenvalue weighted by atomic mass is 16.5. The second-order valence-corrected chi connectivity index (χ2v) is 6.89. The number of anilines is 2. The fourth-order valence-electron chi connectivity index (χ4n) is 3.46. The smallest absolute Gasteiger partial charge is 0.134 e. The van der Waals surface area contributed by atoms with Gasteiger partial charge in [0.25, 0.3) is 0 Å². The van der Waals surface area contributed by atoms with E-state index < -0.39 is 0 Å². The molecule has 6 heteroatoms. The number of hydrogen-bond donors (Lipinski definition) is 2. The summed E-state index contributed by atoms with van der Waals surface area (Å²) in [5, 5.41) is 12.9. The van der Waals surface area contributed by atoms with Crippen LogP contribution in [0.5, 0.6) is 5.75 Å². The summed E-state index contributed by atoms with van der Waals surface area (Å²) in [5.74, 6) is 2.55. The highest BCUT2D eigenvalue weighted by Crippen LogP contribution is 2.24. The Kier molecular flexibility index (Phi) is 6.28. The van der Waals surface area contributed by atoms with Crippen LogP contribution in [0.15, 0.2) is 30.6 Å². The molecule has 1 aliphatic heterocycles. The molecule has 0 radical (unpaired) electrons. The average Bonchev–Trinajstić information content (AvgIpc) is 2.65. The van der Waals surface area contributed by atoms with Crippen molar-refractivity contribution in [3.63, 3.8) is 0 Å². The van der Waals surface area contributed by atoms with Crippen LogP contribution in [0.25, 0.3) is 0 Å². The molecule has 26 heavy (non-hydrogen) atoms. The molecule has 1 unspecified atom stereocenters. The third-order valence-electron chi connectivity index (χ3n) is 4.66. The van der Waals surface area contributed by atoms with E-state index in [-0.39, 0.29) is 12.6 Å². The van der Waals surface area contributed by atoms with Crippen molar-refractivity contribution in [2.45, 2.75) is 39.2 Å². The third-order valence-corrected chi connectivity index (χ3v) is 4.66. The minimum absolute atomic E-state index is 0.152. The molecule has 2 heterocycles. The van der Waals surface area contributed by atoms with E-state index in [4.69, 9.17) is 4.74 Å². The molecule has 0 bridgehead atoms. The van der Waals surface area contributed by atoms with Gasteiger partial charge in [0.2, 0.25) is 0 Å². The van der Waals surface area contributed by atoms with E-state index in [0.717, 1.165) is 43.2 Å². The predicted octanol–water partition coefficient (Wildman–Crippen LogP) is 2.94. The Bertz CT molecular complexity index is 702. The lowest BCUT2D eigenvalue weighted by molar-refractivity contribution is 0.239. The molecule has 1 aliphatic rings. The summed E-state index contributed by atoms with van der Waals surface area (Å²) >= 11 is 0. The van der Waals surface area contributed by atoms with Gasteiger partial charge in [-0.2, -0.15) is 0 Å². The van der Waals surface area contributed by atoms with Crippen LogP contribution >= 0.6 is 0 Å². The van der Waals surface area contributed by atoms with Gasteiger partial charge in [0.05, 0.1) is 19.2 Å². The highest BCUT2D eigenvalue weighted by Gasteiger charge is 2.23. The molecule has 1 aromatic carbocycles. The maximum absolute atomic E-state index is 9.60. The van der Waals surface area contributed by atoms with E-state index >= 15 is 0 Å². The first kappa shape index (κ1) is 18.5. The highest BCUT2D eigenvalue weighted by molar-refractivity contribution is 5.49. The van der Waals surface area contributed by atoms with Crippen LogP contribution in [0, 0.1) is 13.8 Å². The van der Waals surface area contributed by atoms with Crippen molar-refractivity contribution in [1.29, 1.82) is 0 Å². The lowest BCUT2D eigenvalue weighted by Gasteiger charge is -2.35. The molecule has 6 nitrogen and oxygen atoms in total. The van der Waals surface area contributed by atoms with Gasteiger partial charge >= 0.3 is 0 Å². The number of nitrogens with one attached hydrogen (secondary N) is 1. The molecule has 1 atom stereocenters. The first-order chi connectivity index (χ1) is 12.7. The number of ether oxygens (including phenoxy) is 1. The topological polar surface area (TPSA) is 70.5 Å². The zero-order valence-corrected chi connectivity index (χ0v) is 15.6. The van der Waals surface area contributed by atoms with Crippen molar-refractivity contribution in [2.24, 2.45) is 0 Å². The summed E-state index contributed by atoms with van der Waals surface area (Å²) in [6.45, 7) is 6.45. The van der Waals surface area contributed by atoms with E-state index in [1.807, 2.05) is 18.2 Å². The maximum Gasteiger partial charge on any atom is 0.134 e. The molecule has 1 fully saturated rings. The van der Waals surface area contributed by atoms with Crippen molar-refractivity contribution in [2.75, 3.05) is 36.5 Å². The quantitative estimate of drug-likeness (QED) is 0.744. The van der Waals surface area contributed by atoms with Crippen LogP contribution < -0.4 is 15.0 Å². The first-order valence-electron chi connectivity index (χ1n) is 9.30. The predicted molar refractivity (Wildman–Crippen MR) is 104 cm³/mol. The van der Waals surface area contributed by atoms with Crippen LogP contribution in [0.3, 0.4) is 0 Å². The van der Waals surface area contributed by atoms with Gasteiger partial charge in [0.1, 0.15) is 30.3 Å². The number of aliphatic hydroxyl groups excluding tert-OH is 1. The van der Waals surface area contributed by atoms with Crippen molar-refractivity contribution in [3.05, 3.63) is 41.7 Å². The average molecular weight is 356 g/mol. The summed E-state index contributed by atoms with van der Waals surface area (Å²) in [5.41, 5.74) is 2.40. The van der Waals surface area contributed by atoms with Gasteiger partial charge in [-0.15, -0.1) is 0 Å². The number of aryl methyl sites for hydroxylation is 2. The summed E-state index contributed by atoms with van der Waals surface area (Å²) in [4.78, 5) is 10.9. The Morgan fingerprint density at radius 2 is 1.96 bits per heavy atom. The summed E-state index contributed by atoms with van der Waals surface area (Å²) < 4.78 is 5.82. The standard InChI is InChI=1S/C20H28N4O2/c1-15-9-16(2)11-18(10-15)26-8-6-21-19-12-20(23-14-22-19)24-7-4-3-5-17(24)13-25/h9-12,14,17,25H,3-8,13H2,1-2H3,(H,21,22,23). The normalized spacial score (nSPS) is 17.2. The second kappa shape index (κ2) is 8.85. The number of nitrogens with zero attached hydrogens (tertiary/aromatic N) is 3. The molecule has 0 saturated carbocycles. The lowest BCUT2D eigenvalue weighted by Crippen LogP contribution is -2.42. The van der Waals surface area contributed by atoms with Crippen LogP contribution in [-0.2, 0) is 0 Å².